The number of carbonyl (C=O) groups is 2. The molecule has 9 rings (SSSR count). The SMILES string of the molecule is C=C1OCCOCCOC(C(=O)Nc2ccc(-c3ccc4cc5ccccc5cc4c3)cc2)C(=C)OCCOCCOC1C(=O)Nc1ccc(-c2ccc3cc4ccccc4cc3c2)cc1. The first kappa shape index (κ1) is 43.9. The maximum atomic E-state index is 13.6. The molecule has 0 aromatic heterocycles. The van der Waals surface area contributed by atoms with E-state index in [1.165, 1.54) is 32.3 Å². The third kappa shape index (κ3) is 10.6. The predicted molar refractivity (Wildman–Crippen MR) is 262 cm³/mol. The summed E-state index contributed by atoms with van der Waals surface area (Å²) >= 11 is 0. The van der Waals surface area contributed by atoms with Crippen LogP contribution in [0.2, 0.25) is 0 Å². The normalized spacial score (nSPS) is 17.1. The topological polar surface area (TPSA) is 114 Å². The molecule has 8 aromatic carbocycles. The van der Waals surface area contributed by atoms with E-state index in [0.29, 0.717) is 11.4 Å². The Balaban J connectivity index is 0.767. The van der Waals surface area contributed by atoms with Gasteiger partial charge in [0.1, 0.15) is 24.7 Å². The first-order chi connectivity index (χ1) is 32.3. The van der Waals surface area contributed by atoms with Gasteiger partial charge in [-0.15, -0.1) is 0 Å². The van der Waals surface area contributed by atoms with Gasteiger partial charge < -0.3 is 39.1 Å². The fourth-order valence-electron chi connectivity index (χ4n) is 8.05. The molecular formula is C56H50N2O8. The average Bonchev–Trinajstić information content (AvgIpc) is 3.34. The van der Waals surface area contributed by atoms with Crippen LogP contribution in [0.25, 0.3) is 65.3 Å². The summed E-state index contributed by atoms with van der Waals surface area (Å²) in [6, 6.07) is 53.7. The molecule has 0 radical (unpaired) electrons. The van der Waals surface area contributed by atoms with Crippen LogP contribution in [0.15, 0.2) is 182 Å². The largest absolute Gasteiger partial charge is 0.493 e. The lowest BCUT2D eigenvalue weighted by Gasteiger charge is -2.22. The highest BCUT2D eigenvalue weighted by Gasteiger charge is 2.26. The first-order valence-electron chi connectivity index (χ1n) is 22.0. The number of nitrogens with one attached hydrogen (secondary N) is 2. The molecule has 1 heterocycles. The number of ether oxygens (including phenoxy) is 6. The molecule has 0 bridgehead atoms. The van der Waals surface area contributed by atoms with Gasteiger partial charge in [-0.3, -0.25) is 9.59 Å². The quantitative estimate of drug-likeness (QED) is 0.159. The lowest BCUT2D eigenvalue weighted by Crippen LogP contribution is -2.35. The second kappa shape index (κ2) is 20.7. The van der Waals surface area contributed by atoms with E-state index in [9.17, 15) is 9.59 Å². The fraction of sp³-hybridized carbons (Fsp3) is 0.179. The second-order valence-electron chi connectivity index (χ2n) is 16.0. The van der Waals surface area contributed by atoms with Gasteiger partial charge in [0.2, 0.25) is 0 Å². The Hall–Kier alpha value is -7.34. The predicted octanol–water partition coefficient (Wildman–Crippen LogP) is 11.1. The molecule has 10 nitrogen and oxygen atoms in total. The third-order valence-electron chi connectivity index (χ3n) is 11.5. The highest BCUT2D eigenvalue weighted by molar-refractivity contribution is 6.01. The molecule has 0 spiro atoms. The third-order valence-corrected chi connectivity index (χ3v) is 11.5. The second-order valence-corrected chi connectivity index (χ2v) is 16.0. The summed E-state index contributed by atoms with van der Waals surface area (Å²) in [5, 5.41) is 15.3. The number of anilines is 2. The molecule has 332 valence electrons. The van der Waals surface area contributed by atoms with Crippen LogP contribution < -0.4 is 10.6 Å². The zero-order chi connectivity index (χ0) is 45.2. The number of benzene rings is 8. The van der Waals surface area contributed by atoms with Gasteiger partial charge in [0.25, 0.3) is 11.8 Å². The summed E-state index contributed by atoms with van der Waals surface area (Å²) < 4.78 is 35.0. The molecule has 2 N–H and O–H groups in total. The number of hydrogen-bond acceptors (Lipinski definition) is 8. The van der Waals surface area contributed by atoms with Crippen molar-refractivity contribution >= 4 is 66.3 Å². The van der Waals surface area contributed by atoms with Crippen LogP contribution in [0.4, 0.5) is 11.4 Å². The maximum absolute atomic E-state index is 13.6. The van der Waals surface area contributed by atoms with E-state index in [-0.39, 0.29) is 64.4 Å². The Morgan fingerprint density at radius 1 is 0.379 bits per heavy atom. The highest BCUT2D eigenvalue weighted by Crippen LogP contribution is 2.31. The van der Waals surface area contributed by atoms with Crippen molar-refractivity contribution in [3.63, 3.8) is 0 Å². The molecule has 1 saturated heterocycles. The van der Waals surface area contributed by atoms with E-state index < -0.39 is 24.0 Å². The summed E-state index contributed by atoms with van der Waals surface area (Å²) in [6.07, 6.45) is -2.23. The van der Waals surface area contributed by atoms with E-state index in [4.69, 9.17) is 28.4 Å². The van der Waals surface area contributed by atoms with Crippen LogP contribution in [-0.4, -0.2) is 76.9 Å². The van der Waals surface area contributed by atoms with Crippen LogP contribution in [0.1, 0.15) is 0 Å². The minimum atomic E-state index is -1.11. The van der Waals surface area contributed by atoms with Crippen molar-refractivity contribution in [3.05, 3.63) is 182 Å². The monoisotopic (exact) mass is 878 g/mol. The van der Waals surface area contributed by atoms with Crippen molar-refractivity contribution in [2.24, 2.45) is 0 Å². The highest BCUT2D eigenvalue weighted by atomic mass is 16.6. The van der Waals surface area contributed by atoms with E-state index >= 15 is 0 Å². The van der Waals surface area contributed by atoms with E-state index in [2.05, 4.69) is 121 Å². The number of carbonyl (C=O) groups excluding carboxylic acids is 2. The Morgan fingerprint density at radius 3 is 1.11 bits per heavy atom. The molecule has 8 aromatic rings. The average molecular weight is 879 g/mol. The van der Waals surface area contributed by atoms with Crippen LogP contribution in [0, 0.1) is 0 Å². The van der Waals surface area contributed by atoms with Crippen LogP contribution in [0.5, 0.6) is 0 Å². The molecule has 2 atom stereocenters. The molecule has 1 fully saturated rings. The zero-order valence-corrected chi connectivity index (χ0v) is 36.5. The fourth-order valence-corrected chi connectivity index (χ4v) is 8.05. The minimum absolute atomic E-state index is 0.0685. The Labute approximate surface area is 383 Å². The van der Waals surface area contributed by atoms with Gasteiger partial charge in [0.15, 0.2) is 12.2 Å². The Morgan fingerprint density at radius 2 is 0.712 bits per heavy atom. The molecule has 0 aliphatic carbocycles. The van der Waals surface area contributed by atoms with Crippen molar-refractivity contribution < 1.29 is 38.0 Å². The maximum Gasteiger partial charge on any atom is 0.261 e. The van der Waals surface area contributed by atoms with Gasteiger partial charge in [0.05, 0.1) is 39.6 Å². The molecule has 0 saturated carbocycles. The summed E-state index contributed by atoms with van der Waals surface area (Å²) in [7, 11) is 0. The Kier molecular flexibility index (Phi) is 13.7. The number of hydrogen-bond donors (Lipinski definition) is 2. The minimum Gasteiger partial charge on any atom is -0.493 e. The first-order valence-corrected chi connectivity index (χ1v) is 22.0. The van der Waals surface area contributed by atoms with Crippen molar-refractivity contribution in [3.8, 4) is 22.3 Å². The summed E-state index contributed by atoms with van der Waals surface area (Å²) in [4.78, 5) is 27.1. The van der Waals surface area contributed by atoms with E-state index in [1.54, 1.807) is 0 Å². The number of amides is 2. The van der Waals surface area contributed by atoms with E-state index in [1.807, 2.05) is 60.7 Å². The van der Waals surface area contributed by atoms with Gasteiger partial charge in [-0.2, -0.15) is 0 Å². The van der Waals surface area contributed by atoms with Crippen LogP contribution >= 0.6 is 0 Å². The van der Waals surface area contributed by atoms with Crippen molar-refractivity contribution in [2.45, 2.75) is 12.2 Å². The van der Waals surface area contributed by atoms with Gasteiger partial charge in [0, 0.05) is 11.4 Å². The van der Waals surface area contributed by atoms with Gasteiger partial charge >= 0.3 is 0 Å². The summed E-state index contributed by atoms with van der Waals surface area (Å²) in [5.74, 6) is -0.617. The van der Waals surface area contributed by atoms with Gasteiger partial charge in [-0.05, 0) is 126 Å². The van der Waals surface area contributed by atoms with Crippen molar-refractivity contribution in [1.29, 1.82) is 0 Å². The smallest absolute Gasteiger partial charge is 0.261 e. The van der Waals surface area contributed by atoms with Gasteiger partial charge in [-0.25, -0.2) is 0 Å². The standard InChI is InChI=1S/C56H50N2O8/c1-37-53(55(59)57-51-19-15-39(16-20-51)45-11-13-47-31-41-7-3-5-9-43(41)33-49(47)35-45)65-29-25-62-24-28-64-38(2)54(66-30-26-61-23-27-63-37)56(60)58-52-21-17-40(18-22-52)46-12-14-48-32-42-8-4-6-10-44(42)34-50(48)36-46/h3-22,31-36,53-54H,1-2,23-30H2,(H,57,59)(H,58,60). The van der Waals surface area contributed by atoms with Crippen LogP contribution in [-0.2, 0) is 38.0 Å². The van der Waals surface area contributed by atoms with Crippen LogP contribution in [0.3, 0.4) is 0 Å². The molecule has 2 unspecified atom stereocenters. The molecular weight excluding hydrogens is 829 g/mol. The zero-order valence-electron chi connectivity index (χ0n) is 36.5. The lowest BCUT2D eigenvalue weighted by atomic mass is 9.98. The molecule has 66 heavy (non-hydrogen) atoms. The Bertz CT molecular complexity index is 2830. The summed E-state index contributed by atoms with van der Waals surface area (Å²) in [6.45, 7) is 8.97. The number of fused-ring (bicyclic) bond motifs is 4. The summed E-state index contributed by atoms with van der Waals surface area (Å²) in [5.41, 5.74) is 5.38. The molecule has 2 amide bonds. The van der Waals surface area contributed by atoms with Crippen molar-refractivity contribution in [2.75, 3.05) is 63.5 Å². The molecule has 1 aliphatic heterocycles. The number of rotatable bonds is 6. The van der Waals surface area contributed by atoms with Crippen molar-refractivity contribution in [1.82, 2.24) is 0 Å². The molecule has 10 heteroatoms. The lowest BCUT2D eigenvalue weighted by molar-refractivity contribution is -0.131. The van der Waals surface area contributed by atoms with Gasteiger partial charge in [-0.1, -0.05) is 110 Å². The molecule has 1 aliphatic rings. The van der Waals surface area contributed by atoms with E-state index in [0.717, 1.165) is 33.0 Å².